The van der Waals surface area contributed by atoms with Crippen molar-refractivity contribution < 1.29 is 9.53 Å². The predicted octanol–water partition coefficient (Wildman–Crippen LogP) is 0.956. The number of hydrogen-bond donors (Lipinski definition) is 2. The van der Waals surface area contributed by atoms with Crippen LogP contribution in [0.4, 0.5) is 9.93 Å². The molecule has 1 aliphatic rings. The summed E-state index contributed by atoms with van der Waals surface area (Å²) in [6, 6.07) is 3.58. The van der Waals surface area contributed by atoms with Gasteiger partial charge in [0, 0.05) is 29.5 Å². The van der Waals surface area contributed by atoms with Gasteiger partial charge in [-0.05, 0) is 19.1 Å². The SMILES string of the molecule is Cc1cnc(NC(=O)NC2COCC2n2nc(-n3cccn3)ccc2=O)s1. The molecule has 0 aliphatic carbocycles. The quantitative estimate of drug-likeness (QED) is 0.689. The molecule has 140 valence electrons. The fourth-order valence-corrected chi connectivity index (χ4v) is 3.47. The molecule has 10 nitrogen and oxygen atoms in total. The van der Waals surface area contributed by atoms with Crippen molar-refractivity contribution >= 4 is 22.5 Å². The van der Waals surface area contributed by atoms with E-state index in [0.717, 1.165) is 4.88 Å². The molecule has 0 spiro atoms. The van der Waals surface area contributed by atoms with Crippen molar-refractivity contribution in [3.8, 4) is 5.82 Å². The van der Waals surface area contributed by atoms with Gasteiger partial charge in [0.15, 0.2) is 10.9 Å². The van der Waals surface area contributed by atoms with Crippen molar-refractivity contribution in [1.29, 1.82) is 0 Å². The summed E-state index contributed by atoms with van der Waals surface area (Å²) in [6.07, 6.45) is 5.05. The number of urea groups is 1. The molecule has 2 atom stereocenters. The van der Waals surface area contributed by atoms with E-state index < -0.39 is 18.1 Å². The first-order valence-corrected chi connectivity index (χ1v) is 9.09. The van der Waals surface area contributed by atoms with Crippen LogP contribution in [0.1, 0.15) is 10.9 Å². The van der Waals surface area contributed by atoms with Crippen molar-refractivity contribution in [2.75, 3.05) is 18.5 Å². The predicted molar refractivity (Wildman–Crippen MR) is 98.3 cm³/mol. The minimum Gasteiger partial charge on any atom is -0.377 e. The molecule has 11 heteroatoms. The number of nitrogens with zero attached hydrogens (tertiary/aromatic N) is 5. The van der Waals surface area contributed by atoms with E-state index in [1.807, 2.05) is 6.92 Å². The number of hydrogen-bond acceptors (Lipinski definition) is 7. The first-order valence-electron chi connectivity index (χ1n) is 8.28. The third kappa shape index (κ3) is 3.73. The second kappa shape index (κ2) is 7.29. The van der Waals surface area contributed by atoms with E-state index in [1.54, 1.807) is 35.4 Å². The fraction of sp³-hybridized carbons (Fsp3) is 0.312. The van der Waals surface area contributed by atoms with Crippen molar-refractivity contribution in [2.45, 2.75) is 19.0 Å². The molecule has 1 fully saturated rings. The van der Waals surface area contributed by atoms with Crippen LogP contribution in [0.3, 0.4) is 0 Å². The second-order valence-electron chi connectivity index (χ2n) is 6.01. The standard InChI is InChI=1S/C16H17N7O3S/c1-10-7-17-16(27-10)20-15(25)19-11-8-26-9-12(11)23-14(24)4-3-13(21-23)22-6-2-5-18-22/h2-7,11-12H,8-9H2,1H3,(H2,17,19,20,25). The van der Waals surface area contributed by atoms with Gasteiger partial charge in [-0.25, -0.2) is 19.1 Å². The molecule has 4 rings (SSSR count). The smallest absolute Gasteiger partial charge is 0.321 e. The summed E-state index contributed by atoms with van der Waals surface area (Å²) in [5.74, 6) is 0.507. The maximum absolute atomic E-state index is 12.3. The van der Waals surface area contributed by atoms with Crippen LogP contribution in [0.5, 0.6) is 0 Å². The van der Waals surface area contributed by atoms with Crippen molar-refractivity contribution in [2.24, 2.45) is 0 Å². The summed E-state index contributed by atoms with van der Waals surface area (Å²) in [5, 5.41) is 14.5. The highest BCUT2D eigenvalue weighted by atomic mass is 32.1. The molecule has 1 saturated heterocycles. The van der Waals surface area contributed by atoms with Gasteiger partial charge in [-0.3, -0.25) is 10.1 Å². The summed E-state index contributed by atoms with van der Waals surface area (Å²) >= 11 is 1.38. The van der Waals surface area contributed by atoms with Gasteiger partial charge in [0.25, 0.3) is 5.56 Å². The summed E-state index contributed by atoms with van der Waals surface area (Å²) in [7, 11) is 0. The Kier molecular flexibility index (Phi) is 4.69. The first-order chi connectivity index (χ1) is 13.1. The molecule has 3 aromatic rings. The Morgan fingerprint density at radius 1 is 1.37 bits per heavy atom. The zero-order valence-electron chi connectivity index (χ0n) is 14.4. The minimum absolute atomic E-state index is 0.274. The highest BCUT2D eigenvalue weighted by Crippen LogP contribution is 2.19. The van der Waals surface area contributed by atoms with E-state index in [4.69, 9.17) is 4.74 Å². The fourth-order valence-electron chi connectivity index (χ4n) is 2.82. The summed E-state index contributed by atoms with van der Waals surface area (Å²) in [4.78, 5) is 29.7. The molecule has 0 aromatic carbocycles. The number of aryl methyl sites for hydroxylation is 1. The van der Waals surface area contributed by atoms with Crippen molar-refractivity contribution in [3.05, 3.63) is 52.0 Å². The number of carbonyl (C=O) groups is 1. The van der Waals surface area contributed by atoms with Gasteiger partial charge >= 0.3 is 6.03 Å². The van der Waals surface area contributed by atoms with Crippen LogP contribution in [0, 0.1) is 6.92 Å². The van der Waals surface area contributed by atoms with Gasteiger partial charge in [-0.1, -0.05) is 0 Å². The molecular weight excluding hydrogens is 370 g/mol. The molecule has 0 radical (unpaired) electrons. The van der Waals surface area contributed by atoms with Crippen LogP contribution in [0.15, 0.2) is 41.6 Å². The van der Waals surface area contributed by atoms with E-state index in [1.165, 1.54) is 22.1 Å². The Hall–Kier alpha value is -3.05. The number of thiazole rings is 1. The second-order valence-corrected chi connectivity index (χ2v) is 7.25. The molecule has 4 heterocycles. The zero-order chi connectivity index (χ0) is 18.8. The Bertz CT molecular complexity index is 998. The van der Waals surface area contributed by atoms with Crippen LogP contribution >= 0.6 is 11.3 Å². The lowest BCUT2D eigenvalue weighted by Crippen LogP contribution is -2.45. The lowest BCUT2D eigenvalue weighted by atomic mass is 10.2. The maximum atomic E-state index is 12.3. The monoisotopic (exact) mass is 387 g/mol. The molecular formula is C16H17N7O3S. The number of anilines is 1. The van der Waals surface area contributed by atoms with Gasteiger partial charge in [-0.15, -0.1) is 16.4 Å². The molecule has 1 aliphatic heterocycles. The number of rotatable bonds is 4. The van der Waals surface area contributed by atoms with Crippen LogP contribution in [0.2, 0.25) is 0 Å². The highest BCUT2D eigenvalue weighted by Gasteiger charge is 2.33. The maximum Gasteiger partial charge on any atom is 0.321 e. The van der Waals surface area contributed by atoms with Crippen LogP contribution < -0.4 is 16.2 Å². The number of nitrogens with one attached hydrogen (secondary N) is 2. The Balaban J connectivity index is 1.52. The number of amides is 2. The summed E-state index contributed by atoms with van der Waals surface area (Å²) in [5.41, 5.74) is -0.274. The van der Waals surface area contributed by atoms with Gasteiger partial charge in [0.2, 0.25) is 0 Å². The molecule has 2 N–H and O–H groups in total. The van der Waals surface area contributed by atoms with Gasteiger partial charge in [-0.2, -0.15) is 5.10 Å². The van der Waals surface area contributed by atoms with E-state index in [2.05, 4.69) is 25.8 Å². The van der Waals surface area contributed by atoms with Crippen LogP contribution in [-0.4, -0.2) is 49.8 Å². The van der Waals surface area contributed by atoms with Gasteiger partial charge < -0.3 is 10.1 Å². The highest BCUT2D eigenvalue weighted by molar-refractivity contribution is 7.15. The third-order valence-electron chi connectivity index (χ3n) is 4.07. The molecule has 27 heavy (non-hydrogen) atoms. The largest absolute Gasteiger partial charge is 0.377 e. The van der Waals surface area contributed by atoms with E-state index in [-0.39, 0.29) is 18.8 Å². The van der Waals surface area contributed by atoms with Crippen LogP contribution in [-0.2, 0) is 4.74 Å². The lowest BCUT2D eigenvalue weighted by Gasteiger charge is -2.20. The lowest BCUT2D eigenvalue weighted by molar-refractivity contribution is 0.180. The number of ether oxygens (including phenoxy) is 1. The number of aromatic nitrogens is 5. The first kappa shape index (κ1) is 17.4. The van der Waals surface area contributed by atoms with Gasteiger partial charge in [0.05, 0.1) is 19.3 Å². The summed E-state index contributed by atoms with van der Waals surface area (Å²) in [6.45, 7) is 2.47. The third-order valence-corrected chi connectivity index (χ3v) is 4.90. The zero-order valence-corrected chi connectivity index (χ0v) is 15.2. The topological polar surface area (TPSA) is 116 Å². The van der Waals surface area contributed by atoms with E-state index in [0.29, 0.717) is 10.9 Å². The average molecular weight is 387 g/mol. The Morgan fingerprint density at radius 2 is 2.26 bits per heavy atom. The number of carbonyl (C=O) groups excluding carboxylic acids is 1. The molecule has 3 aromatic heterocycles. The molecule has 2 amide bonds. The van der Waals surface area contributed by atoms with Gasteiger partial charge in [0.1, 0.15) is 6.04 Å². The van der Waals surface area contributed by atoms with E-state index in [9.17, 15) is 9.59 Å². The van der Waals surface area contributed by atoms with Crippen molar-refractivity contribution in [1.82, 2.24) is 29.9 Å². The normalized spacial score (nSPS) is 19.1. The molecule has 0 bridgehead atoms. The molecule has 0 saturated carbocycles. The van der Waals surface area contributed by atoms with Crippen molar-refractivity contribution in [3.63, 3.8) is 0 Å². The average Bonchev–Trinajstić information content (AvgIpc) is 3.38. The van der Waals surface area contributed by atoms with Crippen LogP contribution in [0.25, 0.3) is 5.82 Å². The summed E-state index contributed by atoms with van der Waals surface area (Å²) < 4.78 is 8.38. The van der Waals surface area contributed by atoms with E-state index >= 15 is 0 Å². The minimum atomic E-state index is -0.420. The molecule has 2 unspecified atom stereocenters. The Morgan fingerprint density at radius 3 is 3.00 bits per heavy atom. The Labute approximate surface area is 157 Å².